The van der Waals surface area contributed by atoms with Crippen molar-refractivity contribution >= 4 is 17.5 Å². The molecular weight excluding hydrogens is 272 g/mol. The molecule has 0 bridgehead atoms. The van der Waals surface area contributed by atoms with Gasteiger partial charge in [-0.3, -0.25) is 4.79 Å². The number of morpholine rings is 1. The number of nitrogens with two attached hydrogens (primary N) is 1. The molecule has 2 heterocycles. The number of hydrogen-bond donors (Lipinski definition) is 3. The summed E-state index contributed by atoms with van der Waals surface area (Å²) >= 11 is 0. The van der Waals surface area contributed by atoms with E-state index in [-0.39, 0.29) is 11.8 Å². The smallest absolute Gasteiger partial charge is 0.244 e. The van der Waals surface area contributed by atoms with Crippen LogP contribution in [0.5, 0.6) is 0 Å². The number of nitrogens with one attached hydrogen (secondary N) is 2. The fourth-order valence-corrected chi connectivity index (χ4v) is 2.19. The first-order chi connectivity index (χ1) is 10.1. The molecule has 8 heteroatoms. The molecule has 116 valence electrons. The van der Waals surface area contributed by atoms with Crippen LogP contribution in [-0.2, 0) is 9.53 Å². The normalized spacial score (nSPS) is 18.7. The molecule has 1 aliphatic rings. The quantitative estimate of drug-likeness (QED) is 0.523. The highest BCUT2D eigenvalue weighted by molar-refractivity contribution is 5.85. The predicted molar refractivity (Wildman–Crippen MR) is 80.0 cm³/mol. The van der Waals surface area contributed by atoms with Crippen LogP contribution in [0.15, 0.2) is 6.07 Å². The summed E-state index contributed by atoms with van der Waals surface area (Å²) in [4.78, 5) is 22.8. The molecule has 1 fully saturated rings. The number of carbonyl (C=O) groups excluding carboxylic acids is 1. The van der Waals surface area contributed by atoms with E-state index in [4.69, 9.17) is 10.6 Å². The molecule has 0 aromatic carbocycles. The minimum atomic E-state index is -0.399. The third kappa shape index (κ3) is 3.40. The molecule has 1 aromatic rings. The van der Waals surface area contributed by atoms with Crippen molar-refractivity contribution in [3.8, 4) is 0 Å². The van der Waals surface area contributed by atoms with Crippen molar-refractivity contribution in [3.63, 3.8) is 0 Å². The van der Waals surface area contributed by atoms with E-state index in [0.717, 1.165) is 0 Å². The van der Waals surface area contributed by atoms with Crippen LogP contribution in [0.1, 0.15) is 25.6 Å². The Morgan fingerprint density at radius 2 is 2.29 bits per heavy atom. The molecule has 0 radical (unpaired) electrons. The Hall–Kier alpha value is -1.93. The zero-order valence-corrected chi connectivity index (χ0v) is 12.6. The van der Waals surface area contributed by atoms with Gasteiger partial charge in [0.05, 0.1) is 13.2 Å². The second-order valence-electron chi connectivity index (χ2n) is 5.17. The van der Waals surface area contributed by atoms with E-state index in [1.807, 2.05) is 18.7 Å². The molecule has 1 saturated heterocycles. The summed E-state index contributed by atoms with van der Waals surface area (Å²) in [5.74, 6) is 7.44. The maximum Gasteiger partial charge on any atom is 0.244 e. The highest BCUT2D eigenvalue weighted by atomic mass is 16.5. The number of hydrazine groups is 1. The molecule has 1 atom stereocenters. The number of aromatic nitrogens is 2. The summed E-state index contributed by atoms with van der Waals surface area (Å²) in [7, 11) is 1.61. The van der Waals surface area contributed by atoms with Gasteiger partial charge in [0.25, 0.3) is 0 Å². The van der Waals surface area contributed by atoms with Gasteiger partial charge in [-0.05, 0) is 0 Å². The predicted octanol–water partition coefficient (Wildman–Crippen LogP) is -0.163. The van der Waals surface area contributed by atoms with Crippen LogP contribution in [0.3, 0.4) is 0 Å². The zero-order chi connectivity index (χ0) is 15.4. The number of nitrogen functional groups attached to an aromatic ring is 1. The molecule has 0 spiro atoms. The summed E-state index contributed by atoms with van der Waals surface area (Å²) in [6, 6.07) is 1.34. The number of rotatable bonds is 4. The van der Waals surface area contributed by atoms with Gasteiger partial charge in [0.1, 0.15) is 23.5 Å². The van der Waals surface area contributed by atoms with Gasteiger partial charge in [-0.2, -0.15) is 0 Å². The fraction of sp³-hybridized carbons (Fsp3) is 0.615. The Kier molecular flexibility index (Phi) is 4.92. The van der Waals surface area contributed by atoms with Crippen LogP contribution in [0.2, 0.25) is 0 Å². The average Bonchev–Trinajstić information content (AvgIpc) is 2.53. The maximum atomic E-state index is 12.0. The monoisotopic (exact) mass is 294 g/mol. The van der Waals surface area contributed by atoms with Gasteiger partial charge in [0.15, 0.2) is 0 Å². The lowest BCUT2D eigenvalue weighted by molar-refractivity contribution is -0.124. The Morgan fingerprint density at radius 3 is 2.90 bits per heavy atom. The number of carbonyl (C=O) groups is 1. The van der Waals surface area contributed by atoms with Crippen molar-refractivity contribution in [1.29, 1.82) is 0 Å². The number of hydrogen-bond acceptors (Lipinski definition) is 7. The lowest BCUT2D eigenvalue weighted by atomic mass is 10.2. The molecular formula is C13H22N6O2. The minimum absolute atomic E-state index is 0.0957. The van der Waals surface area contributed by atoms with Crippen molar-refractivity contribution in [3.05, 3.63) is 11.9 Å². The number of amides is 1. The molecule has 8 nitrogen and oxygen atoms in total. The van der Waals surface area contributed by atoms with Crippen LogP contribution < -0.4 is 21.5 Å². The Morgan fingerprint density at radius 1 is 1.52 bits per heavy atom. The first-order valence-corrected chi connectivity index (χ1v) is 6.98. The molecule has 1 aliphatic heterocycles. The third-order valence-electron chi connectivity index (χ3n) is 3.37. The lowest BCUT2D eigenvalue weighted by Gasteiger charge is -2.35. The first-order valence-electron chi connectivity index (χ1n) is 6.98. The minimum Gasteiger partial charge on any atom is -0.377 e. The lowest BCUT2D eigenvalue weighted by Crippen LogP contribution is -2.53. The largest absolute Gasteiger partial charge is 0.377 e. The fourth-order valence-electron chi connectivity index (χ4n) is 2.19. The van der Waals surface area contributed by atoms with Gasteiger partial charge in [-0.25, -0.2) is 15.8 Å². The van der Waals surface area contributed by atoms with Crippen molar-refractivity contribution in [1.82, 2.24) is 15.3 Å². The average molecular weight is 294 g/mol. The Balaban J connectivity index is 2.37. The van der Waals surface area contributed by atoms with Gasteiger partial charge >= 0.3 is 0 Å². The summed E-state index contributed by atoms with van der Waals surface area (Å²) in [6.07, 6.45) is 0. The topological polar surface area (TPSA) is 105 Å². The van der Waals surface area contributed by atoms with E-state index < -0.39 is 6.04 Å². The summed E-state index contributed by atoms with van der Waals surface area (Å²) in [6.45, 7) is 5.51. The number of nitrogens with zero attached hydrogens (tertiary/aromatic N) is 3. The van der Waals surface area contributed by atoms with Gasteiger partial charge < -0.3 is 20.4 Å². The molecule has 4 N–H and O–H groups in total. The van der Waals surface area contributed by atoms with Crippen LogP contribution >= 0.6 is 0 Å². The maximum absolute atomic E-state index is 12.0. The summed E-state index contributed by atoms with van der Waals surface area (Å²) in [5.41, 5.74) is 2.55. The van der Waals surface area contributed by atoms with E-state index in [2.05, 4.69) is 20.7 Å². The molecule has 1 aromatic heterocycles. The third-order valence-corrected chi connectivity index (χ3v) is 3.37. The highest BCUT2D eigenvalue weighted by Gasteiger charge is 2.30. The van der Waals surface area contributed by atoms with Crippen LogP contribution in [0.25, 0.3) is 0 Å². The van der Waals surface area contributed by atoms with Gasteiger partial charge in [0.2, 0.25) is 5.91 Å². The van der Waals surface area contributed by atoms with Crippen LogP contribution in [0.4, 0.5) is 11.6 Å². The molecule has 1 unspecified atom stereocenters. The zero-order valence-electron chi connectivity index (χ0n) is 12.6. The molecule has 0 saturated carbocycles. The van der Waals surface area contributed by atoms with Crippen molar-refractivity contribution in [2.24, 2.45) is 5.84 Å². The van der Waals surface area contributed by atoms with E-state index in [1.54, 1.807) is 13.1 Å². The van der Waals surface area contributed by atoms with Crippen molar-refractivity contribution < 1.29 is 9.53 Å². The van der Waals surface area contributed by atoms with E-state index in [0.29, 0.717) is 37.2 Å². The number of ether oxygens (including phenoxy) is 1. The van der Waals surface area contributed by atoms with Gasteiger partial charge in [-0.15, -0.1) is 0 Å². The molecule has 1 amide bonds. The van der Waals surface area contributed by atoms with Crippen molar-refractivity contribution in [2.45, 2.75) is 25.8 Å². The molecule has 21 heavy (non-hydrogen) atoms. The summed E-state index contributed by atoms with van der Waals surface area (Å²) < 4.78 is 5.40. The SMILES string of the molecule is CNC(=O)C1COCCN1c1cc(NN)nc(C(C)C)n1. The number of anilines is 2. The van der Waals surface area contributed by atoms with E-state index in [1.165, 1.54) is 0 Å². The first kappa shape index (κ1) is 15.5. The Bertz CT molecular complexity index is 507. The second kappa shape index (κ2) is 6.68. The second-order valence-corrected chi connectivity index (χ2v) is 5.17. The van der Waals surface area contributed by atoms with Gasteiger partial charge in [-0.1, -0.05) is 13.8 Å². The van der Waals surface area contributed by atoms with Crippen LogP contribution in [0, 0.1) is 0 Å². The number of likely N-dealkylation sites (N-methyl/N-ethyl adjacent to an activating group) is 1. The van der Waals surface area contributed by atoms with E-state index in [9.17, 15) is 4.79 Å². The van der Waals surface area contributed by atoms with E-state index >= 15 is 0 Å². The Labute approximate surface area is 124 Å². The summed E-state index contributed by atoms with van der Waals surface area (Å²) in [5, 5.41) is 2.66. The molecule has 2 rings (SSSR count). The molecule has 0 aliphatic carbocycles. The van der Waals surface area contributed by atoms with Gasteiger partial charge in [0, 0.05) is 25.6 Å². The van der Waals surface area contributed by atoms with Crippen molar-refractivity contribution in [2.75, 3.05) is 37.1 Å². The standard InChI is InChI=1S/C13H22N6O2/c1-8(2)12-16-10(18-14)6-11(17-12)19-4-5-21-7-9(19)13(20)15-3/h6,8-9H,4-5,7,14H2,1-3H3,(H,15,20)(H,16,17,18). The highest BCUT2D eigenvalue weighted by Crippen LogP contribution is 2.23. The van der Waals surface area contributed by atoms with Crippen LogP contribution in [-0.4, -0.2) is 48.7 Å².